The van der Waals surface area contributed by atoms with E-state index in [0.29, 0.717) is 5.02 Å². The zero-order valence-corrected chi connectivity index (χ0v) is 9.71. The first-order valence-electron chi connectivity index (χ1n) is 3.46. The van der Waals surface area contributed by atoms with Crippen molar-refractivity contribution in [2.45, 2.75) is 0 Å². The molecule has 0 aliphatic heterocycles. The van der Waals surface area contributed by atoms with E-state index in [1.165, 1.54) is 12.1 Å². The molecule has 0 radical (unpaired) electrons. The molecule has 0 saturated carbocycles. The molecule has 1 aromatic carbocycles. The van der Waals surface area contributed by atoms with Crippen molar-refractivity contribution in [2.75, 3.05) is 6.61 Å². The first-order valence-corrected chi connectivity index (χ1v) is 4.97. The highest BCUT2D eigenvalue weighted by Crippen LogP contribution is 2.35. The fourth-order valence-corrected chi connectivity index (χ4v) is 1.46. The maximum absolute atomic E-state index is 10.4. The maximum atomic E-state index is 10.4. The number of carbonyl (C=O) groups excluding carboxylic acids is 1. The van der Waals surface area contributed by atoms with Crippen LogP contribution < -0.4 is 4.74 Å². The Morgan fingerprint density at radius 1 is 1.29 bits per heavy atom. The first-order chi connectivity index (χ1) is 6.50. The van der Waals surface area contributed by atoms with Crippen LogP contribution in [0.3, 0.4) is 0 Å². The van der Waals surface area contributed by atoms with E-state index in [-0.39, 0.29) is 22.4 Å². The minimum Gasteiger partial charge on any atom is -0.483 e. The highest BCUT2D eigenvalue weighted by atomic mass is 35.5. The van der Waals surface area contributed by atoms with Crippen LogP contribution in [0.15, 0.2) is 12.1 Å². The van der Waals surface area contributed by atoms with Gasteiger partial charge in [0.05, 0.1) is 5.02 Å². The van der Waals surface area contributed by atoms with Crippen LogP contribution in [-0.2, 0) is 4.79 Å². The number of benzene rings is 1. The van der Waals surface area contributed by atoms with Crippen LogP contribution in [0.2, 0.25) is 15.1 Å². The lowest BCUT2D eigenvalue weighted by Gasteiger charge is -2.07. The summed E-state index contributed by atoms with van der Waals surface area (Å²) in [4.78, 5) is 10.4. The van der Waals surface area contributed by atoms with Gasteiger partial charge in [0.15, 0.2) is 6.61 Å². The Balaban J connectivity index is 2.90. The van der Waals surface area contributed by atoms with Gasteiger partial charge in [-0.2, -0.15) is 0 Å². The van der Waals surface area contributed by atoms with Crippen LogP contribution in [0, 0.1) is 0 Å². The quantitative estimate of drug-likeness (QED) is 0.619. The Morgan fingerprint density at radius 2 is 1.93 bits per heavy atom. The maximum Gasteiger partial charge on any atom is 0.259 e. The summed E-state index contributed by atoms with van der Waals surface area (Å²) in [5.74, 6) is 0.234. The SMILES string of the molecule is O=C(Cl)COc1cc(Cl)cc(Cl)c1Cl. The van der Waals surface area contributed by atoms with Crippen molar-refractivity contribution in [2.24, 2.45) is 0 Å². The molecule has 0 N–H and O–H groups in total. The lowest BCUT2D eigenvalue weighted by atomic mass is 10.3. The van der Waals surface area contributed by atoms with Crippen molar-refractivity contribution in [1.82, 2.24) is 0 Å². The van der Waals surface area contributed by atoms with Gasteiger partial charge in [-0.05, 0) is 17.7 Å². The standard InChI is InChI=1S/C8H4Cl4O2/c9-4-1-5(10)8(12)6(2-4)14-3-7(11)13/h1-2H,3H2. The van der Waals surface area contributed by atoms with Crippen LogP contribution in [-0.4, -0.2) is 11.8 Å². The molecule has 0 fully saturated rings. The van der Waals surface area contributed by atoms with Gasteiger partial charge >= 0.3 is 0 Å². The third kappa shape index (κ3) is 3.21. The molecule has 6 heteroatoms. The van der Waals surface area contributed by atoms with Gasteiger partial charge in [0, 0.05) is 11.1 Å². The normalized spacial score (nSPS) is 10.0. The van der Waals surface area contributed by atoms with E-state index in [9.17, 15) is 4.79 Å². The number of rotatable bonds is 3. The van der Waals surface area contributed by atoms with Crippen LogP contribution >= 0.6 is 46.4 Å². The first kappa shape index (κ1) is 11.9. The smallest absolute Gasteiger partial charge is 0.259 e. The highest BCUT2D eigenvalue weighted by Gasteiger charge is 2.09. The molecule has 0 saturated heterocycles. The minimum atomic E-state index is -0.628. The van der Waals surface area contributed by atoms with Crippen molar-refractivity contribution in [1.29, 1.82) is 0 Å². The molecule has 14 heavy (non-hydrogen) atoms. The second kappa shape index (κ2) is 5.08. The predicted molar refractivity (Wildman–Crippen MR) is 57.8 cm³/mol. The Labute approximate surface area is 101 Å². The fourth-order valence-electron chi connectivity index (χ4n) is 0.772. The Morgan fingerprint density at radius 3 is 2.50 bits per heavy atom. The molecular weight excluding hydrogens is 270 g/mol. The van der Waals surface area contributed by atoms with Crippen molar-refractivity contribution in [3.05, 3.63) is 27.2 Å². The Bertz CT molecular complexity index is 365. The van der Waals surface area contributed by atoms with Gasteiger partial charge in [0.1, 0.15) is 10.8 Å². The van der Waals surface area contributed by atoms with Gasteiger partial charge in [0.2, 0.25) is 0 Å². The topological polar surface area (TPSA) is 26.3 Å². The zero-order valence-electron chi connectivity index (χ0n) is 6.69. The second-order valence-electron chi connectivity index (χ2n) is 2.34. The van der Waals surface area contributed by atoms with Gasteiger partial charge in [-0.1, -0.05) is 34.8 Å². The van der Waals surface area contributed by atoms with Gasteiger partial charge in [0.25, 0.3) is 5.24 Å². The number of hydrogen-bond acceptors (Lipinski definition) is 2. The van der Waals surface area contributed by atoms with E-state index >= 15 is 0 Å². The summed E-state index contributed by atoms with van der Waals surface area (Å²) < 4.78 is 4.98. The van der Waals surface area contributed by atoms with Crippen LogP contribution in [0.1, 0.15) is 0 Å². The van der Waals surface area contributed by atoms with Crippen LogP contribution in [0.25, 0.3) is 0 Å². The number of halogens is 4. The molecule has 0 amide bonds. The van der Waals surface area contributed by atoms with E-state index in [1.54, 1.807) is 0 Å². The molecule has 1 aromatic rings. The lowest BCUT2D eigenvalue weighted by molar-refractivity contribution is -0.113. The number of ether oxygens (including phenoxy) is 1. The number of carbonyl (C=O) groups is 1. The van der Waals surface area contributed by atoms with Gasteiger partial charge in [-0.3, -0.25) is 4.79 Å². The van der Waals surface area contributed by atoms with Crippen LogP contribution in [0.4, 0.5) is 0 Å². The minimum absolute atomic E-state index is 0.203. The predicted octanol–water partition coefficient (Wildman–Crippen LogP) is 3.79. The second-order valence-corrected chi connectivity index (χ2v) is 3.99. The molecule has 0 aliphatic carbocycles. The van der Waals surface area contributed by atoms with E-state index in [1.807, 2.05) is 0 Å². The average Bonchev–Trinajstić information content (AvgIpc) is 2.08. The molecule has 0 aromatic heterocycles. The van der Waals surface area contributed by atoms with Crippen LogP contribution in [0.5, 0.6) is 5.75 Å². The Kier molecular flexibility index (Phi) is 4.32. The highest BCUT2D eigenvalue weighted by molar-refractivity contribution is 6.63. The van der Waals surface area contributed by atoms with Gasteiger partial charge in [-0.15, -0.1) is 0 Å². The lowest BCUT2D eigenvalue weighted by Crippen LogP contribution is -2.04. The molecule has 0 aliphatic rings. The average molecular weight is 274 g/mol. The summed E-state index contributed by atoms with van der Waals surface area (Å²) in [5.41, 5.74) is 0. The summed E-state index contributed by atoms with van der Waals surface area (Å²) in [6.07, 6.45) is 0. The van der Waals surface area contributed by atoms with Crippen molar-refractivity contribution in [3.63, 3.8) is 0 Å². The van der Waals surface area contributed by atoms with Gasteiger partial charge in [-0.25, -0.2) is 0 Å². The molecule has 0 spiro atoms. The molecule has 76 valence electrons. The third-order valence-corrected chi connectivity index (χ3v) is 2.41. The zero-order chi connectivity index (χ0) is 10.7. The van der Waals surface area contributed by atoms with Crippen molar-refractivity contribution >= 4 is 51.6 Å². The van der Waals surface area contributed by atoms with Crippen molar-refractivity contribution in [3.8, 4) is 5.75 Å². The number of hydrogen-bond donors (Lipinski definition) is 0. The largest absolute Gasteiger partial charge is 0.483 e. The van der Waals surface area contributed by atoms with E-state index < -0.39 is 5.24 Å². The molecule has 0 heterocycles. The Hall–Kier alpha value is -0.150. The van der Waals surface area contributed by atoms with E-state index in [0.717, 1.165) is 0 Å². The summed E-state index contributed by atoms with van der Waals surface area (Å²) in [7, 11) is 0. The summed E-state index contributed by atoms with van der Waals surface area (Å²) >= 11 is 22.3. The van der Waals surface area contributed by atoms with Gasteiger partial charge < -0.3 is 4.74 Å². The molecule has 0 bridgehead atoms. The fraction of sp³-hybridized carbons (Fsp3) is 0.125. The van der Waals surface area contributed by atoms with Crippen molar-refractivity contribution < 1.29 is 9.53 Å². The summed E-state index contributed by atoms with van der Waals surface area (Å²) in [6, 6.07) is 2.93. The molecule has 0 atom stereocenters. The molecule has 1 rings (SSSR count). The molecule has 2 nitrogen and oxygen atoms in total. The molecule has 0 unspecified atom stereocenters. The molecular formula is C8H4Cl4O2. The van der Waals surface area contributed by atoms with E-state index in [4.69, 9.17) is 51.1 Å². The summed E-state index contributed by atoms with van der Waals surface area (Å²) in [5, 5.41) is 0.207. The summed E-state index contributed by atoms with van der Waals surface area (Å²) in [6.45, 7) is -0.280. The monoisotopic (exact) mass is 272 g/mol. The van der Waals surface area contributed by atoms with E-state index in [2.05, 4.69) is 0 Å². The third-order valence-electron chi connectivity index (χ3n) is 1.30.